The largest absolute Gasteiger partial charge is 0.488 e. The highest BCUT2D eigenvalue weighted by molar-refractivity contribution is 5.24. The number of nitrogens with zero attached hydrogens (tertiary/aromatic N) is 1. The van der Waals surface area contributed by atoms with Crippen molar-refractivity contribution in [3.8, 4) is 5.75 Å². The molecule has 1 N–H and O–H groups in total. The van der Waals surface area contributed by atoms with Gasteiger partial charge < -0.3 is 14.4 Å². The van der Waals surface area contributed by atoms with Crippen LogP contribution < -0.4 is 10.2 Å². The van der Waals surface area contributed by atoms with E-state index in [4.69, 9.17) is 4.74 Å². The lowest BCUT2D eigenvalue weighted by Gasteiger charge is -2.16. The molecule has 0 aliphatic rings. The predicted molar refractivity (Wildman–Crippen MR) is 157 cm³/mol. The number of aromatic nitrogens is 1. The topological polar surface area (TPSA) is 51.5 Å². The number of aliphatic hydroxyl groups is 1. The van der Waals surface area contributed by atoms with Crippen LogP contribution in [0.3, 0.4) is 0 Å². The SMILES string of the molecule is CCCCCCCCCCCCCCCCCCOc1cn(Cc2ccccc2)c(CCCO)cc1=O. The minimum atomic E-state index is -0.0613. The van der Waals surface area contributed by atoms with Crippen molar-refractivity contribution in [3.63, 3.8) is 0 Å². The second-order valence-electron chi connectivity index (χ2n) is 10.6. The standard InChI is InChI=1S/C33H53NO3/c1-2-3-4-5-6-7-8-9-10-11-12-13-14-15-16-20-26-37-33-29-34(28-30-22-18-17-19-23-30)31(24-21-25-35)27-32(33)36/h17-19,22-23,27,29,35H,2-16,20-21,24-26,28H2,1H3. The fourth-order valence-corrected chi connectivity index (χ4v) is 4.94. The van der Waals surface area contributed by atoms with Crippen LogP contribution in [0.2, 0.25) is 0 Å². The Morgan fingerprint density at radius 1 is 0.730 bits per heavy atom. The van der Waals surface area contributed by atoms with Gasteiger partial charge in [0.15, 0.2) is 5.75 Å². The Kier molecular flexibility index (Phi) is 17.6. The molecule has 208 valence electrons. The number of rotatable bonds is 23. The highest BCUT2D eigenvalue weighted by Gasteiger charge is 2.09. The maximum atomic E-state index is 12.6. The van der Waals surface area contributed by atoms with Gasteiger partial charge in [-0.3, -0.25) is 4.79 Å². The average molecular weight is 512 g/mol. The van der Waals surface area contributed by atoms with Gasteiger partial charge in [0.1, 0.15) is 0 Å². The van der Waals surface area contributed by atoms with Crippen LogP contribution in [0, 0.1) is 0 Å². The van der Waals surface area contributed by atoms with E-state index < -0.39 is 0 Å². The van der Waals surface area contributed by atoms with Gasteiger partial charge in [-0.1, -0.05) is 134 Å². The van der Waals surface area contributed by atoms with Crippen molar-refractivity contribution < 1.29 is 9.84 Å². The molecule has 0 saturated carbocycles. The van der Waals surface area contributed by atoms with Crippen molar-refractivity contribution in [2.24, 2.45) is 0 Å². The highest BCUT2D eigenvalue weighted by Crippen LogP contribution is 2.15. The third-order valence-electron chi connectivity index (χ3n) is 7.22. The molecular weight excluding hydrogens is 458 g/mol. The predicted octanol–water partition coefficient (Wildman–Crippen LogP) is 8.46. The summed E-state index contributed by atoms with van der Waals surface area (Å²) in [6.45, 7) is 3.69. The van der Waals surface area contributed by atoms with Crippen molar-refractivity contribution in [1.29, 1.82) is 0 Å². The van der Waals surface area contributed by atoms with Crippen molar-refractivity contribution in [2.75, 3.05) is 13.2 Å². The molecule has 0 spiro atoms. The second kappa shape index (κ2) is 20.9. The van der Waals surface area contributed by atoms with E-state index in [-0.39, 0.29) is 12.0 Å². The monoisotopic (exact) mass is 511 g/mol. The molecule has 0 bridgehead atoms. The Morgan fingerprint density at radius 2 is 1.27 bits per heavy atom. The highest BCUT2D eigenvalue weighted by atomic mass is 16.5. The summed E-state index contributed by atoms with van der Waals surface area (Å²) in [6, 6.07) is 11.9. The quantitative estimate of drug-likeness (QED) is 0.152. The van der Waals surface area contributed by atoms with Crippen molar-refractivity contribution in [2.45, 2.75) is 129 Å². The van der Waals surface area contributed by atoms with Gasteiger partial charge in [0.05, 0.1) is 12.8 Å². The molecule has 37 heavy (non-hydrogen) atoms. The Morgan fingerprint density at radius 3 is 1.81 bits per heavy atom. The first kappa shape index (κ1) is 31.1. The van der Waals surface area contributed by atoms with Crippen LogP contribution in [-0.2, 0) is 13.0 Å². The zero-order valence-corrected chi connectivity index (χ0v) is 23.6. The summed E-state index contributed by atoms with van der Waals surface area (Å²) in [4.78, 5) is 12.6. The van der Waals surface area contributed by atoms with E-state index in [1.54, 1.807) is 6.07 Å². The Bertz CT molecular complexity index is 862. The minimum absolute atomic E-state index is 0.0613. The van der Waals surface area contributed by atoms with Crippen LogP contribution in [-0.4, -0.2) is 22.9 Å². The first-order valence-corrected chi connectivity index (χ1v) is 15.3. The maximum absolute atomic E-state index is 12.6. The molecule has 2 rings (SSSR count). The molecule has 0 fully saturated rings. The molecule has 4 heteroatoms. The number of aliphatic hydroxyl groups excluding tert-OH is 1. The number of benzene rings is 1. The smallest absolute Gasteiger partial charge is 0.223 e. The van der Waals surface area contributed by atoms with E-state index in [1.807, 2.05) is 24.4 Å². The number of unbranched alkanes of at least 4 members (excludes halogenated alkanes) is 15. The summed E-state index contributed by atoms with van der Waals surface area (Å²) in [6.07, 6.45) is 24.7. The van der Waals surface area contributed by atoms with Crippen molar-refractivity contribution in [3.05, 3.63) is 64.1 Å². The minimum Gasteiger partial charge on any atom is -0.488 e. The van der Waals surface area contributed by atoms with E-state index in [1.165, 1.54) is 95.5 Å². The molecule has 0 unspecified atom stereocenters. The van der Waals surface area contributed by atoms with Gasteiger partial charge in [-0.05, 0) is 24.8 Å². The molecule has 0 aliphatic heterocycles. The number of hydrogen-bond acceptors (Lipinski definition) is 3. The molecule has 4 nitrogen and oxygen atoms in total. The van der Waals surface area contributed by atoms with Crippen molar-refractivity contribution >= 4 is 0 Å². The van der Waals surface area contributed by atoms with E-state index >= 15 is 0 Å². The summed E-state index contributed by atoms with van der Waals surface area (Å²) in [5.41, 5.74) is 2.06. The van der Waals surface area contributed by atoms with Gasteiger partial charge in [-0.15, -0.1) is 0 Å². The summed E-state index contributed by atoms with van der Waals surface area (Å²) >= 11 is 0. The lowest BCUT2D eigenvalue weighted by molar-refractivity contribution is 0.286. The normalized spacial score (nSPS) is 11.2. The molecule has 0 saturated heterocycles. The van der Waals surface area contributed by atoms with Gasteiger partial charge in [-0.2, -0.15) is 0 Å². The van der Waals surface area contributed by atoms with Gasteiger partial charge in [0.25, 0.3) is 0 Å². The summed E-state index contributed by atoms with van der Waals surface area (Å²) < 4.78 is 8.00. The van der Waals surface area contributed by atoms with Gasteiger partial charge in [0.2, 0.25) is 5.43 Å². The van der Waals surface area contributed by atoms with Crippen LogP contribution in [0.4, 0.5) is 0 Å². The van der Waals surface area contributed by atoms with E-state index in [0.29, 0.717) is 31.7 Å². The summed E-state index contributed by atoms with van der Waals surface area (Å²) in [5.74, 6) is 0.435. The van der Waals surface area contributed by atoms with Crippen LogP contribution >= 0.6 is 0 Å². The number of aryl methyl sites for hydroxylation is 1. The van der Waals surface area contributed by atoms with Gasteiger partial charge >= 0.3 is 0 Å². The van der Waals surface area contributed by atoms with E-state index in [2.05, 4.69) is 23.6 Å². The van der Waals surface area contributed by atoms with Gasteiger partial charge in [0, 0.05) is 24.9 Å². The molecule has 0 aliphatic carbocycles. The second-order valence-corrected chi connectivity index (χ2v) is 10.6. The third-order valence-corrected chi connectivity index (χ3v) is 7.22. The molecule has 1 aromatic carbocycles. The fourth-order valence-electron chi connectivity index (χ4n) is 4.94. The van der Waals surface area contributed by atoms with Crippen LogP contribution in [0.15, 0.2) is 47.4 Å². The zero-order valence-electron chi connectivity index (χ0n) is 23.6. The zero-order chi connectivity index (χ0) is 26.4. The van der Waals surface area contributed by atoms with Crippen LogP contribution in [0.1, 0.15) is 127 Å². The Labute approximate surface area is 226 Å². The molecule has 0 radical (unpaired) electrons. The molecule has 0 atom stereocenters. The lowest BCUT2D eigenvalue weighted by Crippen LogP contribution is -2.17. The molecular formula is C33H53NO3. The van der Waals surface area contributed by atoms with E-state index in [0.717, 1.165) is 18.5 Å². The molecule has 1 aromatic heterocycles. The molecule has 0 amide bonds. The third kappa shape index (κ3) is 14.4. The summed E-state index contributed by atoms with van der Waals surface area (Å²) in [5, 5.41) is 9.24. The number of pyridine rings is 1. The number of ether oxygens (including phenoxy) is 1. The first-order chi connectivity index (χ1) is 18.2. The van der Waals surface area contributed by atoms with Crippen molar-refractivity contribution in [1.82, 2.24) is 4.57 Å². The Hall–Kier alpha value is -2.07. The first-order valence-electron chi connectivity index (χ1n) is 15.3. The van der Waals surface area contributed by atoms with Crippen LogP contribution in [0.25, 0.3) is 0 Å². The lowest BCUT2D eigenvalue weighted by atomic mass is 10.0. The molecule has 2 aromatic rings. The van der Waals surface area contributed by atoms with Crippen LogP contribution in [0.5, 0.6) is 5.75 Å². The summed E-state index contributed by atoms with van der Waals surface area (Å²) in [7, 11) is 0. The molecule has 1 heterocycles. The fraction of sp³-hybridized carbons (Fsp3) is 0.667. The maximum Gasteiger partial charge on any atom is 0.223 e. The van der Waals surface area contributed by atoms with E-state index in [9.17, 15) is 9.90 Å². The average Bonchev–Trinajstić information content (AvgIpc) is 2.91. The Balaban J connectivity index is 1.57. The van der Waals surface area contributed by atoms with Gasteiger partial charge in [-0.25, -0.2) is 0 Å². The number of hydrogen-bond donors (Lipinski definition) is 1.